The summed E-state index contributed by atoms with van der Waals surface area (Å²) >= 11 is 1.59. The Labute approximate surface area is 174 Å². The lowest BCUT2D eigenvalue weighted by Crippen LogP contribution is -2.35. The van der Waals surface area contributed by atoms with Crippen molar-refractivity contribution in [3.63, 3.8) is 0 Å². The van der Waals surface area contributed by atoms with Gasteiger partial charge in [0.05, 0.1) is 11.6 Å². The van der Waals surface area contributed by atoms with Crippen molar-refractivity contribution >= 4 is 23.6 Å². The quantitative estimate of drug-likeness (QED) is 0.547. The molecular formula is C22H25NO5S. The molecule has 1 aliphatic heterocycles. The average molecular weight is 416 g/mol. The molecule has 3 rings (SSSR count). The molecule has 1 heterocycles. The summed E-state index contributed by atoms with van der Waals surface area (Å²) in [4.78, 5) is 25.6. The number of esters is 1. The summed E-state index contributed by atoms with van der Waals surface area (Å²) in [5, 5.41) is 2.95. The van der Waals surface area contributed by atoms with Crippen LogP contribution in [-0.2, 0) is 9.53 Å². The van der Waals surface area contributed by atoms with Crippen LogP contribution in [-0.4, -0.2) is 38.0 Å². The topological polar surface area (TPSA) is 73.9 Å². The van der Waals surface area contributed by atoms with E-state index in [1.807, 2.05) is 50.4 Å². The number of carbonyl (C=O) groups excluding carboxylic acids is 2. The highest BCUT2D eigenvalue weighted by molar-refractivity contribution is 7.98. The summed E-state index contributed by atoms with van der Waals surface area (Å²) in [5.74, 6) is 0.640. The lowest BCUT2D eigenvalue weighted by atomic mass is 9.95. The minimum Gasteiger partial charge on any atom is -0.486 e. The number of hydrogen-bond donors (Lipinski definition) is 1. The Bertz CT molecular complexity index is 866. The van der Waals surface area contributed by atoms with Crippen molar-refractivity contribution < 1.29 is 23.8 Å². The first kappa shape index (κ1) is 21.0. The first-order chi connectivity index (χ1) is 14.0. The predicted molar refractivity (Wildman–Crippen MR) is 112 cm³/mol. The minimum absolute atomic E-state index is 0.135. The van der Waals surface area contributed by atoms with Crippen molar-refractivity contribution in [3.8, 4) is 11.5 Å². The molecule has 0 saturated carbocycles. The fourth-order valence-electron chi connectivity index (χ4n) is 3.04. The summed E-state index contributed by atoms with van der Waals surface area (Å²) in [6.07, 6.45) is 1.96. The molecule has 0 spiro atoms. The highest BCUT2D eigenvalue weighted by Gasteiger charge is 2.22. The fraction of sp³-hybridized carbons (Fsp3) is 0.364. The maximum atomic E-state index is 12.4. The van der Waals surface area contributed by atoms with Gasteiger partial charge in [-0.05, 0) is 54.1 Å². The molecule has 0 fully saturated rings. The van der Waals surface area contributed by atoms with E-state index >= 15 is 0 Å². The monoisotopic (exact) mass is 415 g/mol. The molecule has 0 saturated heterocycles. The van der Waals surface area contributed by atoms with Gasteiger partial charge in [-0.15, -0.1) is 11.8 Å². The van der Waals surface area contributed by atoms with E-state index in [1.165, 1.54) is 0 Å². The molecule has 7 heteroatoms. The highest BCUT2D eigenvalue weighted by atomic mass is 32.2. The van der Waals surface area contributed by atoms with Gasteiger partial charge in [0, 0.05) is 4.90 Å². The second-order valence-electron chi connectivity index (χ2n) is 7.00. The largest absolute Gasteiger partial charge is 0.486 e. The van der Waals surface area contributed by atoms with Gasteiger partial charge in [-0.25, -0.2) is 4.79 Å². The van der Waals surface area contributed by atoms with E-state index in [0.29, 0.717) is 30.3 Å². The van der Waals surface area contributed by atoms with Crippen LogP contribution in [0.25, 0.3) is 0 Å². The average Bonchev–Trinajstić information content (AvgIpc) is 2.75. The Morgan fingerprint density at radius 2 is 1.76 bits per heavy atom. The maximum absolute atomic E-state index is 12.4. The molecule has 1 atom stereocenters. The zero-order valence-corrected chi connectivity index (χ0v) is 17.6. The number of benzene rings is 2. The van der Waals surface area contributed by atoms with Gasteiger partial charge in [0.1, 0.15) is 13.2 Å². The summed E-state index contributed by atoms with van der Waals surface area (Å²) in [6, 6.07) is 12.5. The fourth-order valence-corrected chi connectivity index (χ4v) is 3.45. The van der Waals surface area contributed by atoms with E-state index in [1.54, 1.807) is 23.9 Å². The Morgan fingerprint density at radius 1 is 1.07 bits per heavy atom. The van der Waals surface area contributed by atoms with Gasteiger partial charge in [0.25, 0.3) is 5.91 Å². The molecule has 0 unspecified atom stereocenters. The Hall–Kier alpha value is -2.67. The van der Waals surface area contributed by atoms with Gasteiger partial charge in [-0.2, -0.15) is 0 Å². The van der Waals surface area contributed by atoms with E-state index in [-0.39, 0.29) is 24.5 Å². The Kier molecular flexibility index (Phi) is 7.04. The lowest BCUT2D eigenvalue weighted by Gasteiger charge is -2.25. The molecule has 0 bridgehead atoms. The van der Waals surface area contributed by atoms with Crippen LogP contribution in [0.15, 0.2) is 47.4 Å². The van der Waals surface area contributed by atoms with Crippen LogP contribution >= 0.6 is 11.8 Å². The lowest BCUT2D eigenvalue weighted by molar-refractivity contribution is -0.125. The summed E-state index contributed by atoms with van der Waals surface area (Å²) in [6.45, 7) is 4.73. The highest BCUT2D eigenvalue weighted by Crippen LogP contribution is 2.34. The molecular weight excluding hydrogens is 390 g/mol. The third kappa shape index (κ3) is 5.44. The van der Waals surface area contributed by atoms with Crippen molar-refractivity contribution in [1.82, 2.24) is 5.32 Å². The number of rotatable bonds is 7. The normalized spacial score (nSPS) is 13.7. The van der Waals surface area contributed by atoms with Crippen molar-refractivity contribution in [1.29, 1.82) is 0 Å². The molecule has 1 amide bonds. The van der Waals surface area contributed by atoms with Crippen molar-refractivity contribution in [2.45, 2.75) is 24.8 Å². The second kappa shape index (κ2) is 9.69. The van der Waals surface area contributed by atoms with Gasteiger partial charge in [0.15, 0.2) is 18.1 Å². The third-order valence-corrected chi connectivity index (χ3v) is 5.31. The zero-order chi connectivity index (χ0) is 20.8. The van der Waals surface area contributed by atoms with Gasteiger partial charge >= 0.3 is 5.97 Å². The summed E-state index contributed by atoms with van der Waals surface area (Å²) in [5.41, 5.74) is 1.33. The number of ether oxygens (including phenoxy) is 3. The van der Waals surface area contributed by atoms with Crippen LogP contribution in [0.2, 0.25) is 0 Å². The standard InChI is InChI=1S/C22H25NO5S/c1-14(2)21(16-6-9-18-19(12-16)27-11-10-26-18)23-20(24)13-28-22(25)15-4-7-17(29-3)8-5-15/h4-9,12,14,21H,10-11,13H2,1-3H3,(H,23,24)/t21-/m0/s1. The van der Waals surface area contributed by atoms with Crippen molar-refractivity contribution in [2.24, 2.45) is 5.92 Å². The number of hydrogen-bond acceptors (Lipinski definition) is 6. The molecule has 1 aliphatic rings. The molecule has 1 N–H and O–H groups in total. The molecule has 0 aliphatic carbocycles. The van der Waals surface area contributed by atoms with Crippen LogP contribution in [0.1, 0.15) is 35.8 Å². The molecule has 29 heavy (non-hydrogen) atoms. The summed E-state index contributed by atoms with van der Waals surface area (Å²) in [7, 11) is 0. The molecule has 2 aromatic carbocycles. The van der Waals surface area contributed by atoms with Crippen LogP contribution in [0.5, 0.6) is 11.5 Å². The van der Waals surface area contributed by atoms with Gasteiger partial charge in [-0.1, -0.05) is 19.9 Å². The van der Waals surface area contributed by atoms with Gasteiger partial charge in [-0.3, -0.25) is 4.79 Å². The number of amides is 1. The number of nitrogens with one attached hydrogen (secondary N) is 1. The maximum Gasteiger partial charge on any atom is 0.338 e. The number of fused-ring (bicyclic) bond motifs is 1. The first-order valence-corrected chi connectivity index (χ1v) is 10.7. The van der Waals surface area contributed by atoms with E-state index in [4.69, 9.17) is 14.2 Å². The predicted octanol–water partition coefficient (Wildman–Crippen LogP) is 3.85. The van der Waals surface area contributed by atoms with Crippen LogP contribution in [0, 0.1) is 5.92 Å². The molecule has 0 radical (unpaired) electrons. The van der Waals surface area contributed by atoms with E-state index in [0.717, 1.165) is 10.5 Å². The van der Waals surface area contributed by atoms with E-state index < -0.39 is 5.97 Å². The van der Waals surface area contributed by atoms with E-state index in [9.17, 15) is 9.59 Å². The van der Waals surface area contributed by atoms with Gasteiger partial charge < -0.3 is 19.5 Å². The molecule has 154 valence electrons. The SMILES string of the molecule is CSc1ccc(C(=O)OCC(=O)N[C@H](c2ccc3c(c2)OCCO3)C(C)C)cc1. The third-order valence-electron chi connectivity index (χ3n) is 4.57. The smallest absolute Gasteiger partial charge is 0.338 e. The second-order valence-corrected chi connectivity index (χ2v) is 7.88. The van der Waals surface area contributed by atoms with Crippen LogP contribution < -0.4 is 14.8 Å². The Balaban J connectivity index is 1.60. The molecule has 0 aromatic heterocycles. The van der Waals surface area contributed by atoms with E-state index in [2.05, 4.69) is 5.32 Å². The number of carbonyl (C=O) groups is 2. The van der Waals surface area contributed by atoms with Crippen molar-refractivity contribution in [3.05, 3.63) is 53.6 Å². The molecule has 2 aromatic rings. The number of thioether (sulfide) groups is 1. The van der Waals surface area contributed by atoms with Crippen LogP contribution in [0.4, 0.5) is 0 Å². The van der Waals surface area contributed by atoms with Crippen LogP contribution in [0.3, 0.4) is 0 Å². The minimum atomic E-state index is -0.520. The first-order valence-electron chi connectivity index (χ1n) is 9.48. The Morgan fingerprint density at radius 3 is 2.41 bits per heavy atom. The molecule has 6 nitrogen and oxygen atoms in total. The summed E-state index contributed by atoms with van der Waals surface area (Å²) < 4.78 is 16.4. The van der Waals surface area contributed by atoms with Gasteiger partial charge in [0.2, 0.25) is 0 Å². The van der Waals surface area contributed by atoms with Crippen molar-refractivity contribution in [2.75, 3.05) is 26.1 Å². The zero-order valence-electron chi connectivity index (χ0n) is 16.8.